The number of carbonyl (C=O) groups is 1. The molecule has 0 radical (unpaired) electrons. The minimum atomic E-state index is -2.84. The molecule has 1 fully saturated rings. The average molecular weight is 309 g/mol. The summed E-state index contributed by atoms with van der Waals surface area (Å²) in [5, 5.41) is 7.96. The standard InChI is InChI=1S/C16H21O4P/c17-15(18)16(21(19)20,14-9-5-2-6-10-14)12-11-13-7-3-1-4-8-13/h2,5-6,9-10,13H,1,3-4,7-8,11-12H2,(H-,17,18,19,20)/p+1. The molecular weight excluding hydrogens is 287 g/mol. The molecule has 0 aliphatic heterocycles. The number of carboxylic acid groups (broad SMARTS) is 1. The van der Waals surface area contributed by atoms with E-state index in [-0.39, 0.29) is 6.42 Å². The van der Waals surface area contributed by atoms with Crippen molar-refractivity contribution in [3.8, 4) is 0 Å². The summed E-state index contributed by atoms with van der Waals surface area (Å²) in [5.74, 6) is -0.718. The molecule has 2 atom stereocenters. The van der Waals surface area contributed by atoms with Crippen LogP contribution in [0.2, 0.25) is 0 Å². The first kappa shape index (κ1) is 16.1. The second-order valence-electron chi connectivity index (χ2n) is 5.85. The molecule has 5 heteroatoms. The summed E-state index contributed by atoms with van der Waals surface area (Å²) in [6.07, 6.45) is 6.74. The number of rotatable bonds is 6. The van der Waals surface area contributed by atoms with Gasteiger partial charge in [-0.05, 0) is 16.9 Å². The van der Waals surface area contributed by atoms with E-state index in [1.165, 1.54) is 19.3 Å². The van der Waals surface area contributed by atoms with E-state index in [2.05, 4.69) is 0 Å². The van der Waals surface area contributed by atoms with Crippen LogP contribution in [0, 0.1) is 5.92 Å². The van der Waals surface area contributed by atoms with Gasteiger partial charge >= 0.3 is 19.2 Å². The van der Waals surface area contributed by atoms with Gasteiger partial charge in [-0.25, -0.2) is 4.79 Å². The lowest BCUT2D eigenvalue weighted by Gasteiger charge is -2.24. The highest BCUT2D eigenvalue weighted by Crippen LogP contribution is 2.49. The van der Waals surface area contributed by atoms with Crippen LogP contribution in [-0.2, 0) is 14.5 Å². The Morgan fingerprint density at radius 3 is 2.33 bits per heavy atom. The van der Waals surface area contributed by atoms with Crippen LogP contribution in [0.4, 0.5) is 0 Å². The van der Waals surface area contributed by atoms with Crippen molar-refractivity contribution < 1.29 is 19.4 Å². The Balaban J connectivity index is 2.23. The van der Waals surface area contributed by atoms with Gasteiger partial charge in [-0.15, -0.1) is 0 Å². The zero-order valence-electron chi connectivity index (χ0n) is 12.1. The van der Waals surface area contributed by atoms with Crippen LogP contribution in [0.3, 0.4) is 0 Å². The van der Waals surface area contributed by atoms with E-state index in [4.69, 9.17) is 0 Å². The van der Waals surface area contributed by atoms with E-state index >= 15 is 0 Å². The van der Waals surface area contributed by atoms with E-state index in [0.717, 1.165) is 12.8 Å². The quantitative estimate of drug-likeness (QED) is 0.777. The van der Waals surface area contributed by atoms with Crippen LogP contribution in [0.25, 0.3) is 0 Å². The fraction of sp³-hybridized carbons (Fsp3) is 0.562. The highest BCUT2D eigenvalue weighted by Gasteiger charge is 2.58. The Morgan fingerprint density at radius 2 is 1.81 bits per heavy atom. The van der Waals surface area contributed by atoms with Gasteiger partial charge in [0.05, 0.1) is 0 Å². The van der Waals surface area contributed by atoms with Crippen molar-refractivity contribution in [3.63, 3.8) is 0 Å². The molecule has 1 aromatic rings. The molecule has 1 aliphatic carbocycles. The van der Waals surface area contributed by atoms with Gasteiger partial charge < -0.3 is 5.11 Å². The van der Waals surface area contributed by atoms with Gasteiger partial charge in [0.15, 0.2) is 0 Å². The zero-order valence-corrected chi connectivity index (χ0v) is 13.0. The summed E-state index contributed by atoms with van der Waals surface area (Å²) in [4.78, 5) is 21.5. The molecule has 0 aromatic heterocycles. The van der Waals surface area contributed by atoms with Gasteiger partial charge in [-0.3, -0.25) is 0 Å². The minimum absolute atomic E-state index is 0.225. The van der Waals surface area contributed by atoms with Gasteiger partial charge in [-0.2, -0.15) is 4.89 Å². The molecule has 2 N–H and O–H groups in total. The zero-order chi connectivity index (χ0) is 15.3. The van der Waals surface area contributed by atoms with E-state index in [9.17, 15) is 19.4 Å². The summed E-state index contributed by atoms with van der Waals surface area (Å²) in [6.45, 7) is 0. The van der Waals surface area contributed by atoms with Crippen molar-refractivity contribution in [1.29, 1.82) is 0 Å². The number of aliphatic carboxylic acids is 1. The Kier molecular flexibility index (Phi) is 5.49. The van der Waals surface area contributed by atoms with Gasteiger partial charge in [0.1, 0.15) is 0 Å². The lowest BCUT2D eigenvalue weighted by Crippen LogP contribution is -2.33. The number of benzene rings is 1. The second kappa shape index (κ2) is 7.15. The first-order valence-electron chi connectivity index (χ1n) is 7.52. The molecule has 4 nitrogen and oxygen atoms in total. The maximum Gasteiger partial charge on any atom is 0.528 e. The molecule has 114 valence electrons. The fourth-order valence-electron chi connectivity index (χ4n) is 3.27. The number of hydrogen-bond donors (Lipinski definition) is 2. The van der Waals surface area contributed by atoms with Crippen molar-refractivity contribution in [2.75, 3.05) is 0 Å². The predicted octanol–water partition coefficient (Wildman–Crippen LogP) is 4.06. The molecule has 0 bridgehead atoms. The van der Waals surface area contributed by atoms with E-state index in [1.807, 2.05) is 0 Å². The molecule has 1 aromatic carbocycles. The lowest BCUT2D eigenvalue weighted by atomic mass is 9.82. The Bertz CT molecular complexity index is 480. The van der Waals surface area contributed by atoms with Crippen molar-refractivity contribution in [1.82, 2.24) is 0 Å². The minimum Gasteiger partial charge on any atom is -0.477 e. The van der Waals surface area contributed by atoms with Crippen LogP contribution < -0.4 is 0 Å². The Hall–Kier alpha value is -1.25. The normalized spacial score (nSPS) is 19.8. The second-order valence-corrected chi connectivity index (χ2v) is 7.16. The van der Waals surface area contributed by atoms with Crippen LogP contribution in [-0.4, -0.2) is 16.0 Å². The maximum absolute atomic E-state index is 11.9. The molecule has 0 amide bonds. The Labute approximate surface area is 126 Å². The third kappa shape index (κ3) is 3.50. The number of hydrogen-bond acceptors (Lipinski definition) is 2. The first-order chi connectivity index (χ1) is 10.1. The molecule has 0 saturated heterocycles. The molecule has 0 spiro atoms. The largest absolute Gasteiger partial charge is 0.528 e. The monoisotopic (exact) mass is 309 g/mol. The van der Waals surface area contributed by atoms with Gasteiger partial charge in [0.2, 0.25) is 0 Å². The molecular formula is C16H22O4P+. The van der Waals surface area contributed by atoms with Crippen molar-refractivity contribution in [2.24, 2.45) is 5.92 Å². The van der Waals surface area contributed by atoms with Crippen LogP contribution in [0.5, 0.6) is 0 Å². The predicted molar refractivity (Wildman–Crippen MR) is 81.4 cm³/mol. The van der Waals surface area contributed by atoms with Gasteiger partial charge in [0.25, 0.3) is 0 Å². The maximum atomic E-state index is 11.9. The highest BCUT2D eigenvalue weighted by molar-refractivity contribution is 7.41. The summed E-state index contributed by atoms with van der Waals surface area (Å²) in [7, 11) is -2.84. The SMILES string of the molecule is O=C(O)C(CCC1CCCCC1)(c1ccccc1)[P+](=O)O. The molecule has 21 heavy (non-hydrogen) atoms. The Morgan fingerprint density at radius 1 is 1.19 bits per heavy atom. The fourth-order valence-corrected chi connectivity index (χ4v) is 4.12. The van der Waals surface area contributed by atoms with Crippen molar-refractivity contribution >= 4 is 14.0 Å². The van der Waals surface area contributed by atoms with E-state index < -0.39 is 19.2 Å². The van der Waals surface area contributed by atoms with Gasteiger partial charge in [0, 0.05) is 12.0 Å². The van der Waals surface area contributed by atoms with Crippen LogP contribution >= 0.6 is 8.03 Å². The van der Waals surface area contributed by atoms with Gasteiger partial charge in [-0.1, -0.05) is 62.4 Å². The smallest absolute Gasteiger partial charge is 0.477 e. The first-order valence-corrected chi connectivity index (χ1v) is 8.74. The molecule has 1 aliphatic rings. The van der Waals surface area contributed by atoms with E-state index in [1.54, 1.807) is 30.3 Å². The van der Waals surface area contributed by atoms with Crippen LogP contribution in [0.15, 0.2) is 30.3 Å². The molecule has 0 heterocycles. The summed E-state index contributed by atoms with van der Waals surface area (Å²) in [6, 6.07) is 8.48. The third-order valence-corrected chi connectivity index (χ3v) is 5.90. The van der Waals surface area contributed by atoms with Crippen molar-refractivity contribution in [3.05, 3.63) is 35.9 Å². The highest BCUT2D eigenvalue weighted by atomic mass is 31.1. The summed E-state index contributed by atoms with van der Waals surface area (Å²) < 4.78 is 11.9. The number of carboxylic acids is 1. The average Bonchev–Trinajstić information content (AvgIpc) is 2.49. The third-order valence-electron chi connectivity index (χ3n) is 4.57. The van der Waals surface area contributed by atoms with E-state index in [0.29, 0.717) is 17.9 Å². The molecule has 2 unspecified atom stereocenters. The molecule has 2 rings (SSSR count). The topological polar surface area (TPSA) is 74.6 Å². The summed E-state index contributed by atoms with van der Waals surface area (Å²) >= 11 is 0. The summed E-state index contributed by atoms with van der Waals surface area (Å²) in [5.41, 5.74) is 0.428. The molecule has 1 saturated carbocycles. The lowest BCUT2D eigenvalue weighted by molar-refractivity contribution is -0.141. The van der Waals surface area contributed by atoms with Crippen molar-refractivity contribution in [2.45, 2.75) is 50.1 Å². The van der Waals surface area contributed by atoms with Crippen LogP contribution in [0.1, 0.15) is 50.5 Å².